The van der Waals surface area contributed by atoms with Crippen LogP contribution in [0, 0.1) is 0 Å². The van der Waals surface area contributed by atoms with Gasteiger partial charge in [-0.3, -0.25) is 14.4 Å². The normalized spacial score (nSPS) is 10.1. The number of carbonyl (C=O) groups excluding carboxylic acids is 3. The van der Waals surface area contributed by atoms with Gasteiger partial charge in [0, 0.05) is 17.8 Å². The monoisotopic (exact) mass is 478 g/mol. The molecule has 0 saturated carbocycles. The third kappa shape index (κ3) is 8.39. The van der Waals surface area contributed by atoms with Crippen LogP contribution in [0.3, 0.4) is 0 Å². The number of benzene rings is 3. The van der Waals surface area contributed by atoms with Gasteiger partial charge in [-0.25, -0.2) is 0 Å². The van der Waals surface area contributed by atoms with Gasteiger partial charge < -0.3 is 29.6 Å². The van der Waals surface area contributed by atoms with Gasteiger partial charge in [-0.2, -0.15) is 0 Å². The van der Waals surface area contributed by atoms with E-state index in [9.17, 15) is 14.4 Å². The van der Waals surface area contributed by atoms with Crippen LogP contribution in [0.15, 0.2) is 72.8 Å². The van der Waals surface area contributed by atoms with Gasteiger partial charge in [0.2, 0.25) is 5.91 Å². The average molecular weight is 479 g/mol. The van der Waals surface area contributed by atoms with E-state index < -0.39 is 18.5 Å². The largest absolute Gasteiger partial charge is 0.497 e. The van der Waals surface area contributed by atoms with Gasteiger partial charge in [0.05, 0.1) is 20.6 Å². The van der Waals surface area contributed by atoms with Crippen LogP contribution in [0.4, 0.5) is 11.4 Å². The zero-order valence-electron chi connectivity index (χ0n) is 19.4. The second-order valence-electron chi connectivity index (χ2n) is 7.29. The van der Waals surface area contributed by atoms with Crippen LogP contribution >= 0.6 is 0 Å². The molecule has 0 aliphatic carbocycles. The van der Waals surface area contributed by atoms with E-state index in [1.165, 1.54) is 0 Å². The zero-order valence-corrected chi connectivity index (χ0v) is 19.4. The molecule has 0 bridgehead atoms. The molecular weight excluding hydrogens is 452 g/mol. The van der Waals surface area contributed by atoms with Gasteiger partial charge >= 0.3 is 5.97 Å². The molecule has 0 heterocycles. The maximum absolute atomic E-state index is 12.1. The number of methoxy groups -OCH3 is 2. The van der Waals surface area contributed by atoms with E-state index in [-0.39, 0.29) is 18.7 Å². The van der Waals surface area contributed by atoms with Gasteiger partial charge in [-0.15, -0.1) is 0 Å². The fraction of sp³-hybridized carbons (Fsp3) is 0.192. The van der Waals surface area contributed by atoms with Gasteiger partial charge in [0.15, 0.2) is 6.61 Å². The molecule has 0 aliphatic heterocycles. The Kier molecular flexibility index (Phi) is 9.07. The standard InChI is InChI=1S/C26H26N2O7/c1-32-20-7-3-19(4-8-20)28-25(30)17-34-26(31)16-15-24(29)27-18-5-9-22(10-6-18)35-23-13-11-21(33-2)12-14-23/h3-14H,15-17H2,1-2H3,(H,27,29)(H,28,30). The Morgan fingerprint density at radius 1 is 0.600 bits per heavy atom. The molecule has 0 unspecified atom stereocenters. The molecular formula is C26H26N2O7. The summed E-state index contributed by atoms with van der Waals surface area (Å²) in [6.45, 7) is -0.442. The van der Waals surface area contributed by atoms with Gasteiger partial charge in [0.1, 0.15) is 23.0 Å². The molecule has 3 aromatic carbocycles. The maximum Gasteiger partial charge on any atom is 0.306 e. The maximum atomic E-state index is 12.1. The van der Waals surface area contributed by atoms with Crippen LogP contribution in [-0.4, -0.2) is 38.6 Å². The quantitative estimate of drug-likeness (QED) is 0.393. The summed E-state index contributed by atoms with van der Waals surface area (Å²) in [6, 6.07) is 20.7. The van der Waals surface area contributed by atoms with Gasteiger partial charge in [-0.1, -0.05) is 0 Å². The summed E-state index contributed by atoms with van der Waals surface area (Å²) in [5, 5.41) is 5.31. The molecule has 9 heteroatoms. The van der Waals surface area contributed by atoms with Crippen molar-refractivity contribution in [2.24, 2.45) is 0 Å². The predicted molar refractivity (Wildman–Crippen MR) is 130 cm³/mol. The molecule has 2 N–H and O–H groups in total. The second-order valence-corrected chi connectivity index (χ2v) is 7.29. The molecule has 35 heavy (non-hydrogen) atoms. The van der Waals surface area contributed by atoms with Crippen molar-refractivity contribution in [3.63, 3.8) is 0 Å². The van der Waals surface area contributed by atoms with Crippen molar-refractivity contribution in [2.75, 3.05) is 31.5 Å². The molecule has 0 spiro atoms. The number of amides is 2. The van der Waals surface area contributed by atoms with Crippen molar-refractivity contribution in [3.8, 4) is 23.0 Å². The Bertz CT molecular complexity index is 1130. The van der Waals surface area contributed by atoms with Gasteiger partial charge in [-0.05, 0) is 72.8 Å². The number of esters is 1. The molecule has 182 valence electrons. The molecule has 3 aromatic rings. The first-order valence-corrected chi connectivity index (χ1v) is 10.8. The Morgan fingerprint density at radius 3 is 1.54 bits per heavy atom. The summed E-state index contributed by atoms with van der Waals surface area (Å²) < 4.78 is 20.8. The number of anilines is 2. The molecule has 0 saturated heterocycles. The highest BCUT2D eigenvalue weighted by Gasteiger charge is 2.11. The highest BCUT2D eigenvalue weighted by Crippen LogP contribution is 2.25. The fourth-order valence-corrected chi connectivity index (χ4v) is 2.91. The van der Waals surface area contributed by atoms with Crippen molar-refractivity contribution in [1.29, 1.82) is 0 Å². The Labute approximate surface area is 203 Å². The smallest absolute Gasteiger partial charge is 0.306 e. The Hall–Kier alpha value is -4.53. The van der Waals surface area contributed by atoms with Crippen LogP contribution in [0.5, 0.6) is 23.0 Å². The third-order valence-corrected chi connectivity index (χ3v) is 4.73. The summed E-state index contributed by atoms with van der Waals surface area (Å²) in [5.41, 5.74) is 1.11. The van der Waals surface area contributed by atoms with Gasteiger partial charge in [0.25, 0.3) is 5.91 Å². The van der Waals surface area contributed by atoms with Crippen LogP contribution in [-0.2, 0) is 19.1 Å². The van der Waals surface area contributed by atoms with E-state index in [1.54, 1.807) is 87.0 Å². The molecule has 0 radical (unpaired) electrons. The summed E-state index contributed by atoms with van der Waals surface area (Å²) in [7, 11) is 3.14. The van der Waals surface area contributed by atoms with Crippen LogP contribution in [0.25, 0.3) is 0 Å². The lowest BCUT2D eigenvalue weighted by Crippen LogP contribution is -2.21. The first kappa shape index (κ1) is 25.1. The number of nitrogens with one attached hydrogen (secondary N) is 2. The molecule has 2 amide bonds. The topological polar surface area (TPSA) is 112 Å². The van der Waals surface area contributed by atoms with Crippen molar-refractivity contribution in [3.05, 3.63) is 72.8 Å². The molecule has 0 aromatic heterocycles. The minimum atomic E-state index is -0.645. The third-order valence-electron chi connectivity index (χ3n) is 4.73. The van der Waals surface area contributed by atoms with Crippen molar-refractivity contribution in [1.82, 2.24) is 0 Å². The van der Waals surface area contributed by atoms with E-state index >= 15 is 0 Å². The lowest BCUT2D eigenvalue weighted by atomic mass is 10.2. The van der Waals surface area contributed by atoms with Crippen LogP contribution < -0.4 is 24.8 Å². The Morgan fingerprint density at radius 2 is 1.03 bits per heavy atom. The van der Waals surface area contributed by atoms with E-state index in [2.05, 4.69) is 10.6 Å². The number of ether oxygens (including phenoxy) is 4. The fourth-order valence-electron chi connectivity index (χ4n) is 2.91. The lowest BCUT2D eigenvalue weighted by molar-refractivity contribution is -0.147. The zero-order chi connectivity index (χ0) is 25.0. The number of carbonyl (C=O) groups is 3. The highest BCUT2D eigenvalue weighted by molar-refractivity contribution is 5.94. The highest BCUT2D eigenvalue weighted by atomic mass is 16.5. The first-order valence-electron chi connectivity index (χ1n) is 10.8. The first-order chi connectivity index (χ1) is 16.9. The number of rotatable bonds is 11. The summed E-state index contributed by atoms with van der Waals surface area (Å²) in [6.07, 6.45) is -0.233. The SMILES string of the molecule is COc1ccc(NC(=O)COC(=O)CCC(=O)Nc2ccc(Oc3ccc(OC)cc3)cc2)cc1. The molecule has 0 atom stereocenters. The van der Waals surface area contributed by atoms with E-state index in [1.807, 2.05) is 0 Å². The predicted octanol–water partition coefficient (Wildman–Crippen LogP) is 4.40. The van der Waals surface area contributed by atoms with Crippen LogP contribution in [0.2, 0.25) is 0 Å². The molecule has 9 nitrogen and oxygen atoms in total. The number of hydrogen-bond donors (Lipinski definition) is 2. The summed E-state index contributed by atoms with van der Waals surface area (Å²) >= 11 is 0. The molecule has 0 aliphatic rings. The number of hydrogen-bond acceptors (Lipinski definition) is 7. The van der Waals surface area contributed by atoms with E-state index in [4.69, 9.17) is 18.9 Å². The molecule has 3 rings (SSSR count). The van der Waals surface area contributed by atoms with E-state index in [0.29, 0.717) is 28.6 Å². The van der Waals surface area contributed by atoms with Crippen molar-refractivity contribution >= 4 is 29.2 Å². The van der Waals surface area contributed by atoms with E-state index in [0.717, 1.165) is 5.75 Å². The summed E-state index contributed by atoms with van der Waals surface area (Å²) in [4.78, 5) is 35.9. The minimum absolute atomic E-state index is 0.0803. The minimum Gasteiger partial charge on any atom is -0.497 e. The van der Waals surface area contributed by atoms with Crippen LogP contribution in [0.1, 0.15) is 12.8 Å². The average Bonchev–Trinajstić information content (AvgIpc) is 2.88. The van der Waals surface area contributed by atoms with Crippen molar-refractivity contribution < 1.29 is 33.3 Å². The Balaban J connectivity index is 1.35. The second kappa shape index (κ2) is 12.6. The van der Waals surface area contributed by atoms with Crippen molar-refractivity contribution in [2.45, 2.75) is 12.8 Å². The molecule has 0 fully saturated rings. The summed E-state index contributed by atoms with van der Waals surface area (Å²) in [5.74, 6) is 1.16. The lowest BCUT2D eigenvalue weighted by Gasteiger charge is -2.09.